The van der Waals surface area contributed by atoms with Crippen molar-refractivity contribution in [3.8, 4) is 0 Å². The van der Waals surface area contributed by atoms with Gasteiger partial charge in [0.25, 0.3) is 0 Å². The molecule has 3 fully saturated rings. The van der Waals surface area contributed by atoms with Crippen LogP contribution in [-0.2, 0) is 19.1 Å². The van der Waals surface area contributed by atoms with Gasteiger partial charge < -0.3 is 20.1 Å². The molecule has 28 heavy (non-hydrogen) atoms. The highest BCUT2D eigenvalue weighted by molar-refractivity contribution is 5.82. The summed E-state index contributed by atoms with van der Waals surface area (Å²) >= 11 is 0. The molecule has 3 aliphatic heterocycles. The summed E-state index contributed by atoms with van der Waals surface area (Å²) in [5, 5.41) is 3.67. The zero-order valence-electron chi connectivity index (χ0n) is 17.4. The summed E-state index contributed by atoms with van der Waals surface area (Å²) in [5.74, 6) is -0.905. The third-order valence-corrected chi connectivity index (χ3v) is 6.11. The molecule has 3 saturated heterocycles. The Hall–Kier alpha value is -1.22. The first-order chi connectivity index (χ1) is 13.4. The summed E-state index contributed by atoms with van der Waals surface area (Å²) in [4.78, 5) is 29.8. The minimum atomic E-state index is -0.487. The Balaban J connectivity index is 1.77. The van der Waals surface area contributed by atoms with Crippen LogP contribution in [0.5, 0.6) is 0 Å². The van der Waals surface area contributed by atoms with Crippen LogP contribution in [0.4, 0.5) is 0 Å². The van der Waals surface area contributed by atoms with Crippen molar-refractivity contribution in [1.82, 2.24) is 15.1 Å². The molecule has 5 unspecified atom stereocenters. The van der Waals surface area contributed by atoms with Crippen LogP contribution in [0.25, 0.3) is 0 Å². The van der Waals surface area contributed by atoms with Crippen LogP contribution in [0.15, 0.2) is 0 Å². The summed E-state index contributed by atoms with van der Waals surface area (Å²) in [6.45, 7) is 8.24. The molecule has 0 aromatic rings. The van der Waals surface area contributed by atoms with Crippen molar-refractivity contribution in [3.05, 3.63) is 0 Å². The Morgan fingerprint density at radius 1 is 1.36 bits per heavy atom. The predicted molar refractivity (Wildman–Crippen MR) is 105 cm³/mol. The molecular formula is C20H36N4O4. The number of hydrogen-bond donors (Lipinski definition) is 2. The number of carbonyl (C=O) groups excluding carboxylic acids is 2. The third kappa shape index (κ3) is 4.50. The van der Waals surface area contributed by atoms with Crippen molar-refractivity contribution >= 4 is 11.9 Å². The van der Waals surface area contributed by atoms with E-state index >= 15 is 0 Å². The van der Waals surface area contributed by atoms with E-state index < -0.39 is 12.1 Å². The van der Waals surface area contributed by atoms with E-state index in [9.17, 15) is 9.59 Å². The second kappa shape index (κ2) is 9.52. The Bertz CT molecular complexity index is 558. The molecule has 0 aliphatic carbocycles. The average molecular weight is 397 g/mol. The number of piperidine rings is 2. The smallest absolute Gasteiger partial charge is 0.311 e. The quantitative estimate of drug-likeness (QED) is 0.486. The number of carbonyl (C=O) groups is 2. The number of hydrogen-bond acceptors (Lipinski definition) is 7. The summed E-state index contributed by atoms with van der Waals surface area (Å²) in [6.07, 6.45) is 4.03. The van der Waals surface area contributed by atoms with Gasteiger partial charge >= 0.3 is 5.97 Å². The minimum Gasteiger partial charge on any atom is -0.466 e. The highest BCUT2D eigenvalue weighted by Gasteiger charge is 2.52. The van der Waals surface area contributed by atoms with Crippen LogP contribution in [0.2, 0.25) is 0 Å². The van der Waals surface area contributed by atoms with Gasteiger partial charge in [-0.1, -0.05) is 0 Å². The van der Waals surface area contributed by atoms with E-state index in [4.69, 9.17) is 15.2 Å². The monoisotopic (exact) mass is 396 g/mol. The number of ether oxygens (including phenoxy) is 2. The molecule has 0 aromatic carbocycles. The largest absolute Gasteiger partial charge is 0.466 e. The van der Waals surface area contributed by atoms with Crippen molar-refractivity contribution in [2.45, 2.75) is 77.5 Å². The summed E-state index contributed by atoms with van der Waals surface area (Å²) in [5.41, 5.74) is 6.54. The molecule has 3 heterocycles. The van der Waals surface area contributed by atoms with Crippen LogP contribution in [0.1, 0.15) is 52.9 Å². The summed E-state index contributed by atoms with van der Waals surface area (Å²) in [6, 6.07) is 0. The predicted octanol–water partition coefficient (Wildman–Crippen LogP) is 0.855. The van der Waals surface area contributed by atoms with Crippen LogP contribution in [-0.4, -0.2) is 72.6 Å². The Labute approximate surface area is 168 Å². The standard InChI is InChI=1S/C20H36N4O4/c1-4-27-20(26)14-12-15-18(22-16-8-5-6-9-23(16)19(15)25)24(17(14)21)10-7-11-28-13(2)3/h13-18,22H,4-12,21H2,1-3H3. The number of esters is 1. The number of nitrogens with zero attached hydrogens (tertiary/aromatic N) is 2. The maximum absolute atomic E-state index is 13.2. The number of rotatable bonds is 7. The molecule has 3 aliphatic rings. The van der Waals surface area contributed by atoms with Gasteiger partial charge in [0, 0.05) is 19.7 Å². The van der Waals surface area contributed by atoms with Crippen LogP contribution < -0.4 is 11.1 Å². The minimum absolute atomic E-state index is 0.0725. The SMILES string of the molecule is CCOC(=O)C1CC2C(=O)N3CCCCC3NC2N(CCCOC(C)C)C1N. The highest BCUT2D eigenvalue weighted by Crippen LogP contribution is 2.36. The van der Waals surface area contributed by atoms with Crippen molar-refractivity contribution in [1.29, 1.82) is 0 Å². The van der Waals surface area contributed by atoms with E-state index in [1.165, 1.54) is 0 Å². The van der Waals surface area contributed by atoms with Crippen LogP contribution >= 0.6 is 0 Å². The van der Waals surface area contributed by atoms with Gasteiger partial charge in [-0.05, 0) is 52.9 Å². The molecule has 0 saturated carbocycles. The molecule has 1 amide bonds. The zero-order chi connectivity index (χ0) is 20.3. The van der Waals surface area contributed by atoms with E-state index in [-0.39, 0.29) is 36.2 Å². The van der Waals surface area contributed by atoms with E-state index in [1.54, 1.807) is 6.92 Å². The Morgan fingerprint density at radius 2 is 2.14 bits per heavy atom. The van der Waals surface area contributed by atoms with Crippen LogP contribution in [0.3, 0.4) is 0 Å². The molecule has 160 valence electrons. The van der Waals surface area contributed by atoms with E-state index in [2.05, 4.69) is 10.2 Å². The highest BCUT2D eigenvalue weighted by atomic mass is 16.5. The first-order valence-corrected chi connectivity index (χ1v) is 10.8. The molecule has 0 spiro atoms. The van der Waals surface area contributed by atoms with Crippen molar-refractivity contribution in [2.75, 3.05) is 26.3 Å². The first kappa shape index (κ1) is 21.5. The van der Waals surface area contributed by atoms with E-state index in [1.807, 2.05) is 18.7 Å². The van der Waals surface area contributed by atoms with Gasteiger partial charge in [0.15, 0.2) is 0 Å². The third-order valence-electron chi connectivity index (χ3n) is 6.11. The second-order valence-electron chi connectivity index (χ2n) is 8.36. The van der Waals surface area contributed by atoms with Crippen molar-refractivity contribution < 1.29 is 19.1 Å². The summed E-state index contributed by atoms with van der Waals surface area (Å²) in [7, 11) is 0. The normalized spacial score (nSPS) is 33.5. The van der Waals surface area contributed by atoms with E-state index in [0.717, 1.165) is 32.2 Å². The average Bonchev–Trinajstić information content (AvgIpc) is 2.66. The number of nitrogens with two attached hydrogens (primary N) is 1. The fraction of sp³-hybridized carbons (Fsp3) is 0.900. The van der Waals surface area contributed by atoms with Gasteiger partial charge in [0.2, 0.25) is 5.91 Å². The van der Waals surface area contributed by atoms with Gasteiger partial charge in [0.1, 0.15) is 0 Å². The number of amides is 1. The van der Waals surface area contributed by atoms with E-state index in [0.29, 0.717) is 26.2 Å². The van der Waals surface area contributed by atoms with Crippen LogP contribution in [0, 0.1) is 11.8 Å². The molecule has 0 bridgehead atoms. The lowest BCUT2D eigenvalue weighted by Gasteiger charge is -2.55. The first-order valence-electron chi connectivity index (χ1n) is 10.8. The lowest BCUT2D eigenvalue weighted by atomic mass is 9.81. The van der Waals surface area contributed by atoms with Crippen molar-refractivity contribution in [3.63, 3.8) is 0 Å². The lowest BCUT2D eigenvalue weighted by molar-refractivity contribution is -0.169. The molecule has 0 aromatic heterocycles. The molecule has 0 radical (unpaired) electrons. The zero-order valence-corrected chi connectivity index (χ0v) is 17.4. The Kier molecular flexibility index (Phi) is 7.31. The maximum atomic E-state index is 13.2. The van der Waals surface area contributed by atoms with Gasteiger partial charge in [-0.15, -0.1) is 0 Å². The van der Waals surface area contributed by atoms with Gasteiger partial charge in [0.05, 0.1) is 43.0 Å². The van der Waals surface area contributed by atoms with Crippen molar-refractivity contribution in [2.24, 2.45) is 17.6 Å². The maximum Gasteiger partial charge on any atom is 0.311 e. The van der Waals surface area contributed by atoms with Gasteiger partial charge in [-0.25, -0.2) is 0 Å². The summed E-state index contributed by atoms with van der Waals surface area (Å²) < 4.78 is 10.9. The molecule has 8 heteroatoms. The topological polar surface area (TPSA) is 97.1 Å². The number of likely N-dealkylation sites (tertiary alicyclic amines) is 1. The Morgan fingerprint density at radius 3 is 2.86 bits per heavy atom. The lowest BCUT2D eigenvalue weighted by Crippen LogP contribution is -2.74. The molecule has 5 atom stereocenters. The molecule has 8 nitrogen and oxygen atoms in total. The number of fused-ring (bicyclic) bond motifs is 2. The van der Waals surface area contributed by atoms with Gasteiger partial charge in [-0.3, -0.25) is 19.8 Å². The molecular weight excluding hydrogens is 360 g/mol. The molecule has 3 N–H and O–H groups in total. The fourth-order valence-corrected chi connectivity index (χ4v) is 4.76. The fourth-order valence-electron chi connectivity index (χ4n) is 4.76. The number of nitrogens with one attached hydrogen (secondary N) is 1. The van der Waals surface area contributed by atoms with Gasteiger partial charge in [-0.2, -0.15) is 0 Å². The molecule has 3 rings (SSSR count). The second-order valence-corrected chi connectivity index (χ2v) is 8.36.